The lowest BCUT2D eigenvalue weighted by Gasteiger charge is -2.34. The minimum absolute atomic E-state index is 0.133. The first-order valence-corrected chi connectivity index (χ1v) is 13.1. The summed E-state index contributed by atoms with van der Waals surface area (Å²) >= 11 is 2.46. The SMILES string of the molecule is CC(=O)OC[C@@H](OC(C)=O)[C@H](OC(C)=O)[C@H](OC(C)=O)[C@@H](OC(C)=O)c1nnc(SCc2ccccc2)s1. The van der Waals surface area contributed by atoms with Gasteiger partial charge in [0.05, 0.1) is 0 Å². The molecule has 0 aliphatic heterocycles. The topological polar surface area (TPSA) is 157 Å². The number of thioether (sulfide) groups is 1. The van der Waals surface area contributed by atoms with E-state index in [2.05, 4.69) is 10.2 Å². The molecule has 2 aromatic rings. The van der Waals surface area contributed by atoms with Gasteiger partial charge in [-0.25, -0.2) is 0 Å². The van der Waals surface area contributed by atoms with Gasteiger partial charge in [0.1, 0.15) is 6.61 Å². The molecule has 1 aromatic heterocycles. The summed E-state index contributed by atoms with van der Waals surface area (Å²) in [6.07, 6.45) is -5.91. The fraction of sp³-hybridized carbons (Fsp3) is 0.458. The van der Waals surface area contributed by atoms with Crippen molar-refractivity contribution in [3.8, 4) is 0 Å². The molecule has 38 heavy (non-hydrogen) atoms. The van der Waals surface area contributed by atoms with Crippen molar-refractivity contribution in [3.05, 3.63) is 40.9 Å². The number of aromatic nitrogens is 2. The maximum atomic E-state index is 12.1. The lowest BCUT2D eigenvalue weighted by molar-refractivity contribution is -0.203. The van der Waals surface area contributed by atoms with Crippen LogP contribution in [0, 0.1) is 0 Å². The molecule has 0 saturated heterocycles. The first kappa shape index (κ1) is 30.7. The second kappa shape index (κ2) is 15.0. The van der Waals surface area contributed by atoms with Gasteiger partial charge in [-0.05, 0) is 5.56 Å². The maximum absolute atomic E-state index is 12.1. The summed E-state index contributed by atoms with van der Waals surface area (Å²) in [7, 11) is 0. The second-order valence-electron chi connectivity index (χ2n) is 7.81. The number of esters is 5. The molecule has 4 atom stereocenters. The van der Waals surface area contributed by atoms with E-state index in [-0.39, 0.29) is 5.01 Å². The molecule has 0 unspecified atom stereocenters. The van der Waals surface area contributed by atoms with Crippen molar-refractivity contribution in [1.82, 2.24) is 10.2 Å². The van der Waals surface area contributed by atoms with E-state index < -0.39 is 60.9 Å². The van der Waals surface area contributed by atoms with Crippen LogP contribution in [-0.2, 0) is 53.4 Å². The van der Waals surface area contributed by atoms with Gasteiger partial charge in [-0.3, -0.25) is 24.0 Å². The number of hydrogen-bond donors (Lipinski definition) is 0. The largest absolute Gasteiger partial charge is 0.462 e. The molecule has 0 aliphatic rings. The molecule has 0 spiro atoms. The Balaban J connectivity index is 2.47. The summed E-state index contributed by atoms with van der Waals surface area (Å²) in [5.74, 6) is -3.30. The van der Waals surface area contributed by atoms with E-state index in [1.165, 1.54) is 11.8 Å². The monoisotopic (exact) mass is 568 g/mol. The molecule has 1 heterocycles. The Labute approximate surface area is 227 Å². The van der Waals surface area contributed by atoms with Crippen LogP contribution in [0.25, 0.3) is 0 Å². The first-order valence-electron chi connectivity index (χ1n) is 11.3. The summed E-state index contributed by atoms with van der Waals surface area (Å²) in [5, 5.41) is 8.38. The number of nitrogens with zero attached hydrogens (tertiary/aromatic N) is 2. The molecular weight excluding hydrogens is 540 g/mol. The minimum Gasteiger partial charge on any atom is -0.462 e. The van der Waals surface area contributed by atoms with Crippen LogP contribution >= 0.6 is 23.1 Å². The predicted octanol–water partition coefficient (Wildman–Crippen LogP) is 2.79. The van der Waals surface area contributed by atoms with Gasteiger partial charge in [0.25, 0.3) is 0 Å². The molecule has 0 fully saturated rings. The van der Waals surface area contributed by atoms with Crippen LogP contribution in [0.3, 0.4) is 0 Å². The van der Waals surface area contributed by atoms with Gasteiger partial charge in [0, 0.05) is 40.4 Å². The number of hydrogen-bond acceptors (Lipinski definition) is 14. The van der Waals surface area contributed by atoms with Crippen molar-refractivity contribution < 1.29 is 47.7 Å². The molecular formula is C24H28N2O10S2. The van der Waals surface area contributed by atoms with Gasteiger partial charge < -0.3 is 23.7 Å². The number of carbonyl (C=O) groups is 5. The predicted molar refractivity (Wildman–Crippen MR) is 134 cm³/mol. The summed E-state index contributed by atoms with van der Waals surface area (Å²) in [4.78, 5) is 59.5. The van der Waals surface area contributed by atoms with E-state index in [0.29, 0.717) is 10.1 Å². The highest BCUT2D eigenvalue weighted by molar-refractivity contribution is 8.00. The average Bonchev–Trinajstić information content (AvgIpc) is 3.30. The molecule has 0 N–H and O–H groups in total. The standard InChI is InChI=1S/C24H28N2O10S2/c1-13(27)32-11-19(33-14(2)28)20(34-15(3)29)21(35-16(4)30)22(36-17(5)31)23-25-26-24(38-23)37-12-18-9-7-6-8-10-18/h6-10,19-22H,11-12H2,1-5H3/t19-,20+,21+,22-/m1/s1. The number of ether oxygens (including phenoxy) is 5. The lowest BCUT2D eigenvalue weighted by Crippen LogP contribution is -2.50. The molecule has 1 aromatic carbocycles. The Morgan fingerprint density at radius 3 is 1.89 bits per heavy atom. The second-order valence-corrected chi connectivity index (χ2v) is 10.0. The van der Waals surface area contributed by atoms with E-state index in [9.17, 15) is 24.0 Å². The highest BCUT2D eigenvalue weighted by Crippen LogP contribution is 2.35. The van der Waals surface area contributed by atoms with E-state index >= 15 is 0 Å². The van der Waals surface area contributed by atoms with E-state index in [1.54, 1.807) is 0 Å². The van der Waals surface area contributed by atoms with Crippen molar-refractivity contribution >= 4 is 52.9 Å². The highest BCUT2D eigenvalue weighted by atomic mass is 32.2. The summed E-state index contributed by atoms with van der Waals surface area (Å²) < 4.78 is 27.0. The molecule has 12 nitrogen and oxygen atoms in total. The third-order valence-electron chi connectivity index (χ3n) is 4.52. The van der Waals surface area contributed by atoms with Crippen LogP contribution in [-0.4, -0.2) is 65.0 Å². The molecule has 206 valence electrons. The van der Waals surface area contributed by atoms with Gasteiger partial charge in [-0.15, -0.1) is 10.2 Å². The zero-order chi connectivity index (χ0) is 28.2. The maximum Gasteiger partial charge on any atom is 0.303 e. The van der Waals surface area contributed by atoms with Gasteiger partial charge >= 0.3 is 29.8 Å². The van der Waals surface area contributed by atoms with Crippen LogP contribution in [0.15, 0.2) is 34.7 Å². The van der Waals surface area contributed by atoms with Crippen molar-refractivity contribution in [2.45, 2.75) is 69.1 Å². The van der Waals surface area contributed by atoms with E-state index in [1.807, 2.05) is 30.3 Å². The Hall–Kier alpha value is -3.52. The van der Waals surface area contributed by atoms with Crippen LogP contribution in [0.4, 0.5) is 0 Å². The van der Waals surface area contributed by atoms with Crippen molar-refractivity contribution in [2.24, 2.45) is 0 Å². The van der Waals surface area contributed by atoms with Crippen molar-refractivity contribution in [1.29, 1.82) is 0 Å². The minimum atomic E-state index is -1.55. The molecule has 0 amide bonds. The smallest absolute Gasteiger partial charge is 0.303 e. The van der Waals surface area contributed by atoms with Crippen molar-refractivity contribution in [2.75, 3.05) is 6.61 Å². The van der Waals surface area contributed by atoms with E-state index in [4.69, 9.17) is 23.7 Å². The molecule has 2 rings (SSSR count). The lowest BCUT2D eigenvalue weighted by atomic mass is 10.0. The molecule has 14 heteroatoms. The van der Waals surface area contributed by atoms with Crippen LogP contribution < -0.4 is 0 Å². The summed E-state index contributed by atoms with van der Waals surface area (Å²) in [5.41, 5.74) is 1.05. The molecule has 0 aliphatic carbocycles. The number of rotatable bonds is 13. The number of benzene rings is 1. The zero-order valence-electron chi connectivity index (χ0n) is 21.4. The van der Waals surface area contributed by atoms with Crippen LogP contribution in [0.5, 0.6) is 0 Å². The molecule has 0 bridgehead atoms. The van der Waals surface area contributed by atoms with E-state index in [0.717, 1.165) is 51.5 Å². The average molecular weight is 569 g/mol. The Morgan fingerprint density at radius 2 is 1.34 bits per heavy atom. The number of carbonyl (C=O) groups excluding carboxylic acids is 5. The molecule has 0 radical (unpaired) electrons. The van der Waals surface area contributed by atoms with Crippen LogP contribution in [0.1, 0.15) is 51.3 Å². The summed E-state index contributed by atoms with van der Waals surface area (Å²) in [6.45, 7) is 5.00. The Morgan fingerprint density at radius 1 is 0.763 bits per heavy atom. The van der Waals surface area contributed by atoms with Crippen molar-refractivity contribution in [3.63, 3.8) is 0 Å². The zero-order valence-corrected chi connectivity index (χ0v) is 23.0. The first-order chi connectivity index (χ1) is 18.0. The highest BCUT2D eigenvalue weighted by Gasteiger charge is 2.46. The van der Waals surface area contributed by atoms with Gasteiger partial charge in [-0.2, -0.15) is 0 Å². The fourth-order valence-corrected chi connectivity index (χ4v) is 5.09. The van der Waals surface area contributed by atoms with Gasteiger partial charge in [0.15, 0.2) is 33.8 Å². The van der Waals surface area contributed by atoms with Gasteiger partial charge in [0.2, 0.25) is 0 Å². The quantitative estimate of drug-likeness (QED) is 0.197. The van der Waals surface area contributed by atoms with Crippen LogP contribution in [0.2, 0.25) is 0 Å². The Kier molecular flexibility index (Phi) is 12.1. The summed E-state index contributed by atoms with van der Waals surface area (Å²) in [6, 6.07) is 9.63. The Bertz CT molecular complexity index is 1120. The van der Waals surface area contributed by atoms with Gasteiger partial charge in [-0.1, -0.05) is 53.4 Å². The third-order valence-corrected chi connectivity index (χ3v) is 6.71. The molecule has 0 saturated carbocycles. The fourth-order valence-electron chi connectivity index (χ4n) is 3.20. The normalized spacial score (nSPS) is 13.8. The third kappa shape index (κ3) is 10.5.